The maximum atomic E-state index is 12.3. The van der Waals surface area contributed by atoms with E-state index in [1.807, 2.05) is 0 Å². The van der Waals surface area contributed by atoms with Crippen LogP contribution in [0.5, 0.6) is 5.75 Å². The number of carbonyl (C=O) groups excluding carboxylic acids is 1. The molecule has 1 aliphatic carbocycles. The van der Waals surface area contributed by atoms with Gasteiger partial charge in [0.15, 0.2) is 8.32 Å². The molecule has 1 amide bonds. The van der Waals surface area contributed by atoms with Gasteiger partial charge < -0.3 is 29.4 Å². The van der Waals surface area contributed by atoms with E-state index in [4.69, 9.17) is 13.9 Å². The van der Waals surface area contributed by atoms with E-state index in [2.05, 4.69) is 39.2 Å². The summed E-state index contributed by atoms with van der Waals surface area (Å²) in [6.45, 7) is 16.8. The second kappa shape index (κ2) is 13.7. The first-order valence-corrected chi connectivity index (χ1v) is 16.9. The van der Waals surface area contributed by atoms with Crippen molar-refractivity contribution in [2.45, 2.75) is 103 Å². The molecule has 224 valence electrons. The molecule has 2 rings (SSSR count). The summed E-state index contributed by atoms with van der Waals surface area (Å²) in [6, 6.07) is 6.85. The third kappa shape index (κ3) is 10.3. The Kier molecular flexibility index (Phi) is 11.4. The van der Waals surface area contributed by atoms with Crippen LogP contribution in [-0.4, -0.2) is 61.4 Å². The standard InChI is InChI=1S/C30H47NO8Si/c1-29(2,3)38-28(36)31-17-18-37-22-13-9-20(10-14-22)19-24(26(32)33)25(27(34)35)21-11-15-23(16-12-21)39-40(7,8)30(4,5)6/h9-10,13-14,21,23H,11-12,15-19H2,1-8H3,(H,31,36)(H,32,33)(H,34,35). The number of amides is 1. The first kappa shape index (κ1) is 33.4. The van der Waals surface area contributed by atoms with Crippen LogP contribution in [0.1, 0.15) is 72.8 Å². The van der Waals surface area contributed by atoms with E-state index < -0.39 is 32.0 Å². The maximum Gasteiger partial charge on any atom is 0.407 e. The van der Waals surface area contributed by atoms with Gasteiger partial charge in [0.25, 0.3) is 0 Å². The molecule has 0 aromatic heterocycles. The topological polar surface area (TPSA) is 131 Å². The molecule has 0 saturated heterocycles. The SMILES string of the molecule is CC(C)(C)OC(=O)NCCOc1ccc(CC(C(=O)O)=C(C(=O)O)C2CCC(O[Si](C)(C)C(C)(C)C)CC2)cc1. The van der Waals surface area contributed by atoms with E-state index in [1.54, 1.807) is 45.0 Å². The average Bonchev–Trinajstić information content (AvgIpc) is 2.81. The maximum absolute atomic E-state index is 12.3. The van der Waals surface area contributed by atoms with Crippen molar-refractivity contribution in [1.82, 2.24) is 5.32 Å². The fourth-order valence-electron chi connectivity index (χ4n) is 4.44. The predicted molar refractivity (Wildman–Crippen MR) is 156 cm³/mol. The minimum atomic E-state index is -1.94. The summed E-state index contributed by atoms with van der Waals surface area (Å²) in [5, 5.41) is 22.7. The van der Waals surface area contributed by atoms with Gasteiger partial charge in [0.1, 0.15) is 18.0 Å². The van der Waals surface area contributed by atoms with Gasteiger partial charge >= 0.3 is 18.0 Å². The number of carbonyl (C=O) groups is 3. The summed E-state index contributed by atoms with van der Waals surface area (Å²) in [6.07, 6.45) is 2.16. The summed E-state index contributed by atoms with van der Waals surface area (Å²) in [7, 11) is -1.94. The highest BCUT2D eigenvalue weighted by Crippen LogP contribution is 2.41. The first-order chi connectivity index (χ1) is 18.4. The Morgan fingerprint density at radius 1 is 0.925 bits per heavy atom. The fraction of sp³-hybridized carbons (Fsp3) is 0.633. The van der Waals surface area contributed by atoms with Crippen LogP contribution in [0.4, 0.5) is 4.79 Å². The van der Waals surface area contributed by atoms with Crippen LogP contribution in [0.2, 0.25) is 18.1 Å². The summed E-state index contributed by atoms with van der Waals surface area (Å²) < 4.78 is 17.3. The number of aliphatic carboxylic acids is 2. The van der Waals surface area contributed by atoms with Gasteiger partial charge in [-0.15, -0.1) is 0 Å². The highest BCUT2D eigenvalue weighted by Gasteiger charge is 2.40. The monoisotopic (exact) mass is 577 g/mol. The van der Waals surface area contributed by atoms with Crippen molar-refractivity contribution in [3.8, 4) is 5.75 Å². The lowest BCUT2D eigenvalue weighted by Crippen LogP contribution is -2.44. The lowest BCUT2D eigenvalue weighted by molar-refractivity contribution is -0.136. The molecular weight excluding hydrogens is 530 g/mol. The van der Waals surface area contributed by atoms with E-state index >= 15 is 0 Å². The molecule has 9 nitrogen and oxygen atoms in total. The molecule has 0 spiro atoms. The zero-order chi connectivity index (χ0) is 30.3. The Morgan fingerprint density at radius 2 is 1.50 bits per heavy atom. The predicted octanol–water partition coefficient (Wildman–Crippen LogP) is 6.18. The molecule has 0 heterocycles. The zero-order valence-corrected chi connectivity index (χ0v) is 26.3. The number of carboxylic acids is 2. The molecule has 40 heavy (non-hydrogen) atoms. The molecular formula is C30H47NO8Si. The number of benzene rings is 1. The van der Waals surface area contributed by atoms with Crippen LogP contribution in [0.15, 0.2) is 35.4 Å². The normalized spacial score (nSPS) is 18.9. The van der Waals surface area contributed by atoms with Crippen LogP contribution in [-0.2, 0) is 25.2 Å². The van der Waals surface area contributed by atoms with Gasteiger partial charge in [0.05, 0.1) is 17.7 Å². The first-order valence-electron chi connectivity index (χ1n) is 14.0. The van der Waals surface area contributed by atoms with E-state index in [1.165, 1.54) is 0 Å². The lowest BCUT2D eigenvalue weighted by Gasteiger charge is -2.41. The number of rotatable bonds is 11. The number of nitrogens with one attached hydrogen (secondary N) is 1. The van der Waals surface area contributed by atoms with E-state index in [-0.39, 0.29) is 47.8 Å². The second-order valence-electron chi connectivity index (χ2n) is 13.0. The number of hydrogen-bond donors (Lipinski definition) is 3. The van der Waals surface area contributed by atoms with Gasteiger partial charge in [-0.2, -0.15) is 0 Å². The van der Waals surface area contributed by atoms with E-state index in [0.29, 0.717) is 24.2 Å². The van der Waals surface area contributed by atoms with Crippen LogP contribution >= 0.6 is 0 Å². The molecule has 1 aromatic rings. The Hall–Kier alpha value is -2.85. The average molecular weight is 578 g/mol. The van der Waals surface area contributed by atoms with Gasteiger partial charge in [-0.05, 0) is 88.2 Å². The van der Waals surface area contributed by atoms with Crippen molar-refractivity contribution in [3.63, 3.8) is 0 Å². The van der Waals surface area contributed by atoms with Crippen LogP contribution in [0, 0.1) is 5.92 Å². The molecule has 0 atom stereocenters. The van der Waals surface area contributed by atoms with Crippen molar-refractivity contribution in [3.05, 3.63) is 41.0 Å². The number of hydrogen-bond acceptors (Lipinski definition) is 6. The van der Waals surface area contributed by atoms with Crippen molar-refractivity contribution in [2.24, 2.45) is 5.92 Å². The Morgan fingerprint density at radius 3 is 1.98 bits per heavy atom. The van der Waals surface area contributed by atoms with Gasteiger partial charge in [-0.3, -0.25) is 0 Å². The fourth-order valence-corrected chi connectivity index (χ4v) is 5.87. The van der Waals surface area contributed by atoms with Gasteiger partial charge in [-0.1, -0.05) is 32.9 Å². The highest BCUT2D eigenvalue weighted by atomic mass is 28.4. The summed E-state index contributed by atoms with van der Waals surface area (Å²) in [4.78, 5) is 36.2. The molecule has 1 aliphatic rings. The van der Waals surface area contributed by atoms with Crippen molar-refractivity contribution >= 4 is 26.3 Å². The molecule has 1 saturated carbocycles. The summed E-state index contributed by atoms with van der Waals surface area (Å²) in [5.41, 5.74) is -0.00288. The van der Waals surface area contributed by atoms with Crippen LogP contribution in [0.25, 0.3) is 0 Å². The minimum Gasteiger partial charge on any atom is -0.492 e. The Bertz CT molecular complexity index is 1060. The number of carboxylic acid groups (broad SMARTS) is 2. The Balaban J connectivity index is 2.03. The molecule has 0 unspecified atom stereocenters. The van der Waals surface area contributed by atoms with Crippen molar-refractivity contribution in [1.29, 1.82) is 0 Å². The van der Waals surface area contributed by atoms with Gasteiger partial charge in [0, 0.05) is 12.5 Å². The van der Waals surface area contributed by atoms with E-state index in [9.17, 15) is 24.6 Å². The summed E-state index contributed by atoms with van der Waals surface area (Å²) >= 11 is 0. The molecule has 1 aromatic carbocycles. The minimum absolute atomic E-state index is 0.00214. The van der Waals surface area contributed by atoms with Crippen molar-refractivity contribution < 1.29 is 38.5 Å². The van der Waals surface area contributed by atoms with E-state index in [0.717, 1.165) is 12.8 Å². The zero-order valence-electron chi connectivity index (χ0n) is 25.3. The molecule has 0 bridgehead atoms. The molecule has 10 heteroatoms. The quantitative estimate of drug-likeness (QED) is 0.161. The van der Waals surface area contributed by atoms with Gasteiger partial charge in [0.2, 0.25) is 0 Å². The van der Waals surface area contributed by atoms with Crippen LogP contribution < -0.4 is 10.1 Å². The molecule has 0 aliphatic heterocycles. The molecule has 0 radical (unpaired) electrons. The Labute approximate surface area is 239 Å². The smallest absolute Gasteiger partial charge is 0.407 e. The molecule has 3 N–H and O–H groups in total. The number of ether oxygens (including phenoxy) is 2. The highest BCUT2D eigenvalue weighted by molar-refractivity contribution is 6.74. The second-order valence-corrected chi connectivity index (χ2v) is 17.7. The molecule has 1 fully saturated rings. The number of alkyl carbamates (subject to hydrolysis) is 1. The van der Waals surface area contributed by atoms with Crippen molar-refractivity contribution in [2.75, 3.05) is 13.2 Å². The summed E-state index contributed by atoms with van der Waals surface area (Å²) in [5.74, 6) is -2.17. The largest absolute Gasteiger partial charge is 0.492 e. The third-order valence-corrected chi connectivity index (χ3v) is 12.0. The lowest BCUT2D eigenvalue weighted by atomic mass is 9.79. The van der Waals surface area contributed by atoms with Crippen LogP contribution in [0.3, 0.4) is 0 Å². The third-order valence-electron chi connectivity index (χ3n) is 7.51. The van der Waals surface area contributed by atoms with Gasteiger partial charge in [-0.25, -0.2) is 14.4 Å².